The number of carbonyl (C=O) groups excluding carboxylic acids is 1. The molecule has 1 N–H and O–H groups in total. The molecule has 0 fully saturated rings. The van der Waals surface area contributed by atoms with E-state index in [1.54, 1.807) is 23.0 Å². The van der Waals surface area contributed by atoms with E-state index in [0.717, 1.165) is 16.9 Å². The fourth-order valence-corrected chi connectivity index (χ4v) is 2.07. The van der Waals surface area contributed by atoms with Crippen molar-refractivity contribution in [2.75, 3.05) is 5.32 Å². The summed E-state index contributed by atoms with van der Waals surface area (Å²) < 4.78 is 1.57. The second-order valence-corrected chi connectivity index (χ2v) is 4.90. The third kappa shape index (κ3) is 2.83. The predicted octanol–water partition coefficient (Wildman–Crippen LogP) is 1.93. The van der Waals surface area contributed by atoms with Gasteiger partial charge < -0.3 is 5.32 Å². The summed E-state index contributed by atoms with van der Waals surface area (Å²) in [7, 11) is 0. The molecule has 0 atom stereocenters. The van der Waals surface area contributed by atoms with Gasteiger partial charge in [-0.3, -0.25) is 9.78 Å². The molecule has 0 aliphatic rings. The molecule has 0 aliphatic heterocycles. The van der Waals surface area contributed by atoms with E-state index in [1.165, 1.54) is 6.33 Å². The smallest absolute Gasteiger partial charge is 0.257 e. The van der Waals surface area contributed by atoms with E-state index in [0.29, 0.717) is 11.3 Å². The van der Waals surface area contributed by atoms with Gasteiger partial charge in [-0.2, -0.15) is 0 Å². The summed E-state index contributed by atoms with van der Waals surface area (Å²) in [5.41, 5.74) is 3.91. The Morgan fingerprint density at radius 1 is 1.18 bits per heavy atom. The number of aryl methyl sites for hydroxylation is 2. The van der Waals surface area contributed by atoms with Gasteiger partial charge in [0.05, 0.1) is 11.3 Å². The maximum atomic E-state index is 12.2. The average molecular weight is 294 g/mol. The molecule has 1 amide bonds. The summed E-state index contributed by atoms with van der Waals surface area (Å²) in [6.45, 7) is 3.81. The molecule has 0 radical (unpaired) electrons. The Morgan fingerprint density at radius 3 is 2.68 bits per heavy atom. The Hall–Kier alpha value is -3.09. The zero-order chi connectivity index (χ0) is 15.5. The summed E-state index contributed by atoms with van der Waals surface area (Å²) in [6.07, 6.45) is 3.09. The molecule has 0 spiro atoms. The van der Waals surface area contributed by atoms with Crippen LogP contribution in [0.5, 0.6) is 0 Å². The summed E-state index contributed by atoms with van der Waals surface area (Å²) in [5, 5.41) is 13.9. The minimum Gasteiger partial charge on any atom is -0.322 e. The van der Waals surface area contributed by atoms with E-state index >= 15 is 0 Å². The van der Waals surface area contributed by atoms with Gasteiger partial charge in [-0.25, -0.2) is 4.68 Å². The standard InChI is InChI=1S/C15H14N6O/c1-10-7-13(5-6-14(10)21-9-17-19-20-21)18-15(22)12-4-3-11(2)16-8-12/h3-9H,1-2H3,(H,18,22). The van der Waals surface area contributed by atoms with Crippen LogP contribution in [-0.4, -0.2) is 31.1 Å². The molecular weight excluding hydrogens is 280 g/mol. The molecule has 2 heterocycles. The zero-order valence-electron chi connectivity index (χ0n) is 12.2. The molecule has 3 aromatic rings. The van der Waals surface area contributed by atoms with Gasteiger partial charge >= 0.3 is 0 Å². The van der Waals surface area contributed by atoms with Crippen molar-refractivity contribution >= 4 is 11.6 Å². The molecule has 0 saturated carbocycles. The maximum absolute atomic E-state index is 12.2. The number of hydrogen-bond donors (Lipinski definition) is 1. The summed E-state index contributed by atoms with van der Waals surface area (Å²) >= 11 is 0. The number of nitrogens with one attached hydrogen (secondary N) is 1. The topological polar surface area (TPSA) is 85.6 Å². The molecule has 3 rings (SSSR count). The van der Waals surface area contributed by atoms with Crippen molar-refractivity contribution < 1.29 is 4.79 Å². The number of carbonyl (C=O) groups is 1. The van der Waals surface area contributed by atoms with Gasteiger partial charge in [0, 0.05) is 17.6 Å². The lowest BCUT2D eigenvalue weighted by molar-refractivity contribution is 0.102. The van der Waals surface area contributed by atoms with Crippen molar-refractivity contribution in [1.82, 2.24) is 25.2 Å². The fourth-order valence-electron chi connectivity index (χ4n) is 2.07. The molecule has 2 aromatic heterocycles. The van der Waals surface area contributed by atoms with Crippen molar-refractivity contribution in [3.8, 4) is 5.69 Å². The van der Waals surface area contributed by atoms with E-state index in [1.807, 2.05) is 32.0 Å². The first-order chi connectivity index (χ1) is 10.6. The Morgan fingerprint density at radius 2 is 2.05 bits per heavy atom. The lowest BCUT2D eigenvalue weighted by Gasteiger charge is -2.09. The Labute approximate surface area is 127 Å². The van der Waals surface area contributed by atoms with Crippen LogP contribution >= 0.6 is 0 Å². The summed E-state index contributed by atoms with van der Waals surface area (Å²) in [6, 6.07) is 9.09. The normalized spacial score (nSPS) is 10.5. The van der Waals surface area contributed by atoms with Crippen molar-refractivity contribution in [3.63, 3.8) is 0 Å². The molecule has 0 unspecified atom stereocenters. The highest BCUT2D eigenvalue weighted by molar-refractivity contribution is 6.04. The van der Waals surface area contributed by atoms with Crippen LogP contribution < -0.4 is 5.32 Å². The maximum Gasteiger partial charge on any atom is 0.257 e. The van der Waals surface area contributed by atoms with Gasteiger partial charge in [0.1, 0.15) is 6.33 Å². The molecule has 22 heavy (non-hydrogen) atoms. The third-order valence-electron chi connectivity index (χ3n) is 3.22. The van der Waals surface area contributed by atoms with E-state index in [-0.39, 0.29) is 5.91 Å². The van der Waals surface area contributed by atoms with Crippen LogP contribution in [0.3, 0.4) is 0 Å². The van der Waals surface area contributed by atoms with Crippen molar-refractivity contribution in [2.45, 2.75) is 13.8 Å². The first-order valence-electron chi connectivity index (χ1n) is 6.71. The van der Waals surface area contributed by atoms with Gasteiger partial charge in [0.25, 0.3) is 5.91 Å². The largest absolute Gasteiger partial charge is 0.322 e. The highest BCUT2D eigenvalue weighted by Crippen LogP contribution is 2.18. The van der Waals surface area contributed by atoms with E-state index in [9.17, 15) is 4.79 Å². The minimum atomic E-state index is -0.193. The van der Waals surface area contributed by atoms with Crippen molar-refractivity contribution in [2.24, 2.45) is 0 Å². The number of amides is 1. The average Bonchev–Trinajstić information content (AvgIpc) is 3.02. The number of anilines is 1. The highest BCUT2D eigenvalue weighted by atomic mass is 16.1. The van der Waals surface area contributed by atoms with Crippen LogP contribution in [0.1, 0.15) is 21.6 Å². The Bertz CT molecular complexity index is 795. The highest BCUT2D eigenvalue weighted by Gasteiger charge is 2.08. The van der Waals surface area contributed by atoms with Crippen LogP contribution in [0.25, 0.3) is 5.69 Å². The van der Waals surface area contributed by atoms with Gasteiger partial charge in [-0.1, -0.05) is 0 Å². The quantitative estimate of drug-likeness (QED) is 0.797. The van der Waals surface area contributed by atoms with Gasteiger partial charge in [0.2, 0.25) is 0 Å². The number of rotatable bonds is 3. The number of pyridine rings is 1. The van der Waals surface area contributed by atoms with Gasteiger partial charge in [-0.15, -0.1) is 5.10 Å². The summed E-state index contributed by atoms with van der Waals surface area (Å²) in [4.78, 5) is 16.3. The summed E-state index contributed by atoms with van der Waals surface area (Å²) in [5.74, 6) is -0.193. The third-order valence-corrected chi connectivity index (χ3v) is 3.22. The first-order valence-corrected chi connectivity index (χ1v) is 6.71. The van der Waals surface area contributed by atoms with Crippen LogP contribution in [-0.2, 0) is 0 Å². The fraction of sp³-hybridized carbons (Fsp3) is 0.133. The van der Waals surface area contributed by atoms with Crippen LogP contribution in [0.2, 0.25) is 0 Å². The molecule has 7 nitrogen and oxygen atoms in total. The number of nitrogens with zero attached hydrogens (tertiary/aromatic N) is 5. The number of tetrazole rings is 1. The molecule has 0 aliphatic carbocycles. The van der Waals surface area contributed by atoms with Gasteiger partial charge in [-0.05, 0) is 60.2 Å². The number of benzene rings is 1. The van der Waals surface area contributed by atoms with Crippen LogP contribution in [0.15, 0.2) is 42.9 Å². The van der Waals surface area contributed by atoms with Crippen molar-refractivity contribution in [1.29, 1.82) is 0 Å². The monoisotopic (exact) mass is 294 g/mol. The lowest BCUT2D eigenvalue weighted by Crippen LogP contribution is -2.12. The van der Waals surface area contributed by atoms with E-state index in [2.05, 4.69) is 25.8 Å². The Balaban J connectivity index is 1.80. The Kier molecular flexibility index (Phi) is 3.61. The molecule has 0 bridgehead atoms. The lowest BCUT2D eigenvalue weighted by atomic mass is 10.1. The predicted molar refractivity (Wildman–Crippen MR) is 80.8 cm³/mol. The van der Waals surface area contributed by atoms with Crippen molar-refractivity contribution in [3.05, 3.63) is 59.7 Å². The van der Waals surface area contributed by atoms with E-state index < -0.39 is 0 Å². The minimum absolute atomic E-state index is 0.193. The molecule has 1 aromatic carbocycles. The van der Waals surface area contributed by atoms with Crippen LogP contribution in [0, 0.1) is 13.8 Å². The zero-order valence-corrected chi connectivity index (χ0v) is 12.2. The second kappa shape index (κ2) is 5.72. The number of aromatic nitrogens is 5. The molecular formula is C15H14N6O. The molecule has 0 saturated heterocycles. The molecule has 7 heteroatoms. The van der Waals surface area contributed by atoms with Gasteiger partial charge in [0.15, 0.2) is 0 Å². The second-order valence-electron chi connectivity index (χ2n) is 4.90. The molecule has 110 valence electrons. The van der Waals surface area contributed by atoms with Crippen LogP contribution in [0.4, 0.5) is 5.69 Å². The SMILES string of the molecule is Cc1ccc(C(=O)Nc2ccc(-n3cnnn3)c(C)c2)cn1. The first kappa shape index (κ1) is 13.9. The number of hydrogen-bond acceptors (Lipinski definition) is 5. The van der Waals surface area contributed by atoms with E-state index in [4.69, 9.17) is 0 Å².